The Labute approximate surface area is 493 Å². The average Bonchev–Trinajstić information content (AvgIpc) is 0.786. The van der Waals surface area contributed by atoms with Crippen molar-refractivity contribution in [3.8, 4) is 17.2 Å². The van der Waals surface area contributed by atoms with Gasteiger partial charge in [-0.25, -0.2) is 14.4 Å². The maximum Gasteiger partial charge on any atom is 0.408 e. The van der Waals surface area contributed by atoms with Crippen LogP contribution in [0.3, 0.4) is 0 Å². The van der Waals surface area contributed by atoms with Crippen LogP contribution in [0.4, 0.5) is 20.1 Å². The van der Waals surface area contributed by atoms with E-state index >= 15 is 0 Å². The molecule has 0 radical (unpaired) electrons. The van der Waals surface area contributed by atoms with E-state index in [0.717, 1.165) is 11.1 Å². The molecule has 24 heteroatoms. The zero-order chi connectivity index (χ0) is 61.7. The molecule has 8 rings (SSSR count). The number of fused-ring (bicyclic) bond motifs is 3. The Morgan fingerprint density at radius 1 is 0.756 bits per heavy atom. The Morgan fingerprint density at radius 3 is 2.09 bits per heavy atom. The summed E-state index contributed by atoms with van der Waals surface area (Å²) in [6.07, 6.45) is -7.06. The van der Waals surface area contributed by atoms with Crippen molar-refractivity contribution in [1.82, 2.24) is 21.3 Å². The SMILES string of the molecule is C=CCOC(=O)NCCCCC(NC(=O)C(Cc1ccccc1)NC(=O)OCc1ccccc1)C(=O)Nc1ccc(COC(=O)NC2CC(OC3CC(O)(C(=O)CO)Cc4c(O)c5c(c(O)c43)C(=O)c3c(OC)cccc3C5=O)OC(C)C2O)cc1. The number of aliphatic hydroxyl groups excluding tert-OH is 2. The van der Waals surface area contributed by atoms with Crippen molar-refractivity contribution in [2.75, 3.05) is 32.2 Å². The van der Waals surface area contributed by atoms with E-state index in [4.69, 9.17) is 28.4 Å². The lowest BCUT2D eigenvalue weighted by Gasteiger charge is -2.42. The number of aromatic hydroxyl groups is 2. The number of rotatable bonds is 24. The number of hydrogen-bond acceptors (Lipinski definition) is 19. The van der Waals surface area contributed by atoms with E-state index in [1.54, 1.807) is 66.7 Å². The number of alkyl carbamates (subject to hydrolysis) is 3. The summed E-state index contributed by atoms with van der Waals surface area (Å²) in [7, 11) is 1.29. The molecular formula is C62H67N5O19. The molecule has 0 saturated carbocycles. The largest absolute Gasteiger partial charge is 0.507 e. The van der Waals surface area contributed by atoms with Gasteiger partial charge in [-0.2, -0.15) is 0 Å². The van der Waals surface area contributed by atoms with E-state index < -0.39 is 138 Å². The van der Waals surface area contributed by atoms with Crippen LogP contribution in [0.1, 0.15) is 105 Å². The van der Waals surface area contributed by atoms with Crippen LogP contribution in [0.15, 0.2) is 116 Å². The third-order valence-electron chi connectivity index (χ3n) is 14.9. The minimum atomic E-state index is -2.42. The molecule has 86 heavy (non-hydrogen) atoms. The van der Waals surface area contributed by atoms with E-state index in [1.807, 2.05) is 6.07 Å². The molecule has 8 unspecified atom stereocenters. The first-order chi connectivity index (χ1) is 41.3. The zero-order valence-electron chi connectivity index (χ0n) is 47.1. The van der Waals surface area contributed by atoms with Gasteiger partial charge in [0.05, 0.1) is 42.0 Å². The number of unbranched alkanes of at least 4 members (excludes halogenated alkanes) is 1. The number of benzene rings is 5. The van der Waals surface area contributed by atoms with Crippen molar-refractivity contribution in [1.29, 1.82) is 0 Å². The fraction of sp³-hybridized carbons (Fsp3) is 0.355. The first kappa shape index (κ1) is 62.8. The van der Waals surface area contributed by atoms with Crippen molar-refractivity contribution in [2.24, 2.45) is 0 Å². The molecule has 10 N–H and O–H groups in total. The van der Waals surface area contributed by atoms with Gasteiger partial charge in [0.25, 0.3) is 0 Å². The Bertz CT molecular complexity index is 3330. The lowest BCUT2D eigenvalue weighted by Crippen LogP contribution is -2.56. The van der Waals surface area contributed by atoms with Gasteiger partial charge in [0.2, 0.25) is 17.6 Å². The molecule has 0 aromatic heterocycles. The summed E-state index contributed by atoms with van der Waals surface area (Å²) in [5, 5.41) is 69.9. The number of phenols is 2. The third kappa shape index (κ3) is 15.0. The molecule has 5 aromatic rings. The summed E-state index contributed by atoms with van der Waals surface area (Å²) in [5.41, 5.74) is -2.20. The summed E-state index contributed by atoms with van der Waals surface area (Å²) in [4.78, 5) is 108. The van der Waals surface area contributed by atoms with Gasteiger partial charge in [0, 0.05) is 54.6 Å². The topological polar surface area (TPSA) is 353 Å². The first-order valence-corrected chi connectivity index (χ1v) is 27.7. The molecule has 8 atom stereocenters. The number of Topliss-reactive ketones (excluding diaryl/α,β-unsaturated/α-hetero) is 1. The van der Waals surface area contributed by atoms with Crippen LogP contribution in [0, 0.1) is 0 Å². The van der Waals surface area contributed by atoms with Crippen LogP contribution in [-0.4, -0.2) is 142 Å². The Hall–Kier alpha value is -9.20. The van der Waals surface area contributed by atoms with E-state index in [2.05, 4.69) is 33.2 Å². The van der Waals surface area contributed by atoms with Gasteiger partial charge < -0.3 is 80.5 Å². The van der Waals surface area contributed by atoms with Gasteiger partial charge in [-0.3, -0.25) is 24.0 Å². The van der Waals surface area contributed by atoms with Crippen LogP contribution in [0.25, 0.3) is 0 Å². The molecule has 3 aliphatic rings. The van der Waals surface area contributed by atoms with Gasteiger partial charge in [-0.1, -0.05) is 97.6 Å². The standard InChI is InChI=1S/C62H67N5O19/c1-4-26-82-59(77)63-25-12-11-19-41(65-58(76)43(27-35-14-7-5-8-15-35)67-61(79)83-32-36-16-9-6-10-17-36)57(75)64-38-23-21-37(22-24-38)33-84-60(78)66-42-28-47(85-34(2)52(42)70)86-45-30-62(80,46(69)31-68)29-40-49(45)56(74)51-50(54(40)72)53(71)39-18-13-20-44(81-3)48(39)55(51)73/h4-10,13-18,20-24,34,41-43,45,47,52,68,70,72,74,80H,1,11-12,19,25-33H2,2-3H3,(H,63,77)(H,64,75)(H,65,76)(H,66,78)(H,67,79). The molecule has 2 aliphatic carbocycles. The van der Waals surface area contributed by atoms with Crippen LogP contribution < -0.4 is 31.3 Å². The van der Waals surface area contributed by atoms with Gasteiger partial charge in [0.1, 0.15) is 67.5 Å². The summed E-state index contributed by atoms with van der Waals surface area (Å²) in [6.45, 7) is 3.73. The van der Waals surface area contributed by atoms with Crippen LogP contribution in [0.2, 0.25) is 0 Å². The van der Waals surface area contributed by atoms with Crippen molar-refractivity contribution in [2.45, 2.75) is 113 Å². The molecule has 0 bridgehead atoms. The van der Waals surface area contributed by atoms with Crippen LogP contribution in [0.5, 0.6) is 17.2 Å². The van der Waals surface area contributed by atoms with E-state index in [-0.39, 0.29) is 73.6 Å². The van der Waals surface area contributed by atoms with Crippen molar-refractivity contribution in [3.05, 3.63) is 166 Å². The van der Waals surface area contributed by atoms with Crippen LogP contribution in [-0.2, 0) is 64.1 Å². The number of ketones is 3. The summed E-state index contributed by atoms with van der Waals surface area (Å²) in [5.74, 6) is -5.63. The van der Waals surface area contributed by atoms with Crippen LogP contribution >= 0.6 is 0 Å². The van der Waals surface area contributed by atoms with Gasteiger partial charge in [-0.05, 0) is 61.1 Å². The molecular weight excluding hydrogens is 1120 g/mol. The lowest BCUT2D eigenvalue weighted by atomic mass is 9.72. The first-order valence-electron chi connectivity index (χ1n) is 27.7. The number of hydrogen-bond donors (Lipinski definition) is 10. The number of carbonyl (C=O) groups is 8. The number of anilines is 1. The van der Waals surface area contributed by atoms with Crippen molar-refractivity contribution in [3.63, 3.8) is 0 Å². The van der Waals surface area contributed by atoms with E-state index in [0.29, 0.717) is 24.1 Å². The smallest absolute Gasteiger partial charge is 0.408 e. The normalized spacial score (nSPS) is 20.0. The molecule has 454 valence electrons. The second-order valence-electron chi connectivity index (χ2n) is 20.8. The molecule has 5 amide bonds. The number of methoxy groups -OCH3 is 1. The fourth-order valence-corrected chi connectivity index (χ4v) is 10.5. The van der Waals surface area contributed by atoms with E-state index in [1.165, 1.54) is 50.4 Å². The number of nitrogens with one attached hydrogen (secondary N) is 5. The number of aliphatic hydroxyl groups is 3. The Balaban J connectivity index is 0.912. The summed E-state index contributed by atoms with van der Waals surface area (Å²) >= 11 is 0. The molecule has 1 aliphatic heterocycles. The van der Waals surface area contributed by atoms with Gasteiger partial charge >= 0.3 is 18.3 Å². The highest BCUT2D eigenvalue weighted by Crippen LogP contribution is 2.52. The van der Waals surface area contributed by atoms with Gasteiger partial charge in [0.15, 0.2) is 17.9 Å². The average molecular weight is 1190 g/mol. The zero-order valence-corrected chi connectivity index (χ0v) is 47.1. The molecule has 1 fully saturated rings. The summed E-state index contributed by atoms with van der Waals surface area (Å²) in [6, 6.07) is 25.0. The number of carbonyl (C=O) groups excluding carboxylic acids is 8. The highest BCUT2D eigenvalue weighted by molar-refractivity contribution is 6.31. The second kappa shape index (κ2) is 28.6. The fourth-order valence-electron chi connectivity index (χ4n) is 10.5. The van der Waals surface area contributed by atoms with Crippen molar-refractivity contribution < 1.29 is 92.3 Å². The predicted molar refractivity (Wildman–Crippen MR) is 305 cm³/mol. The maximum absolute atomic E-state index is 14.1. The quantitative estimate of drug-likeness (QED) is 0.0165. The van der Waals surface area contributed by atoms with E-state index in [9.17, 15) is 63.9 Å². The number of ether oxygens (including phenoxy) is 6. The molecule has 1 heterocycles. The molecule has 24 nitrogen and oxygen atoms in total. The van der Waals surface area contributed by atoms with Crippen molar-refractivity contribution >= 4 is 53.1 Å². The Morgan fingerprint density at radius 2 is 1.42 bits per heavy atom. The number of phenolic OH excluding ortho intramolecular Hbond substituents is 2. The minimum Gasteiger partial charge on any atom is -0.507 e. The minimum absolute atomic E-state index is 0.0192. The number of amides is 5. The predicted octanol–water partition coefficient (Wildman–Crippen LogP) is 5.01. The Kier molecular flexibility index (Phi) is 20.9. The summed E-state index contributed by atoms with van der Waals surface area (Å²) < 4.78 is 33.5. The maximum atomic E-state index is 14.1. The highest BCUT2D eigenvalue weighted by atomic mass is 16.7. The molecule has 0 spiro atoms. The molecule has 5 aromatic carbocycles. The molecule has 1 saturated heterocycles. The third-order valence-corrected chi connectivity index (χ3v) is 14.9. The van der Waals surface area contributed by atoms with Gasteiger partial charge in [-0.15, -0.1) is 0 Å². The second-order valence-corrected chi connectivity index (χ2v) is 20.8. The lowest BCUT2D eigenvalue weighted by molar-refractivity contribution is -0.249. The highest BCUT2D eigenvalue weighted by Gasteiger charge is 2.50. The monoisotopic (exact) mass is 1190 g/mol.